The van der Waals surface area contributed by atoms with Crippen molar-refractivity contribution in [2.45, 2.75) is 38.0 Å². The third-order valence-electron chi connectivity index (χ3n) is 3.82. The van der Waals surface area contributed by atoms with E-state index in [4.69, 9.17) is 6.57 Å². The monoisotopic (exact) mass is 246 g/mol. The summed E-state index contributed by atoms with van der Waals surface area (Å²) in [6.45, 7) is 11.9. The molecule has 7 heteroatoms. The number of rotatable bonds is 1. The molecule has 2 aliphatic rings. The summed E-state index contributed by atoms with van der Waals surface area (Å²) in [7, 11) is 0. The fourth-order valence-electron chi connectivity index (χ4n) is 2.84. The standard InChI is InChI=1S/C11H14N6O/c1-7(2)16-5-11(4-8(16)12-3)9(18)14-10-15-13-6-17(10)11/h6-8H,4-5H2,1-2H3,(H,14,15,18). The maximum atomic E-state index is 12.2. The van der Waals surface area contributed by atoms with Crippen LogP contribution in [0.1, 0.15) is 20.3 Å². The lowest BCUT2D eigenvalue weighted by Gasteiger charge is -2.23. The van der Waals surface area contributed by atoms with Gasteiger partial charge in [-0.1, -0.05) is 0 Å². The molecule has 1 fully saturated rings. The normalized spacial score (nSPS) is 30.8. The molecule has 2 unspecified atom stereocenters. The van der Waals surface area contributed by atoms with E-state index in [1.165, 1.54) is 0 Å². The summed E-state index contributed by atoms with van der Waals surface area (Å²) in [5, 5.41) is 10.4. The molecule has 1 saturated heterocycles. The Morgan fingerprint density at radius 1 is 1.67 bits per heavy atom. The molecule has 0 bridgehead atoms. The number of fused-ring (bicyclic) bond motifs is 2. The Balaban J connectivity index is 2.04. The molecule has 7 nitrogen and oxygen atoms in total. The van der Waals surface area contributed by atoms with E-state index in [1.54, 1.807) is 10.9 Å². The average molecular weight is 246 g/mol. The molecule has 0 radical (unpaired) electrons. The van der Waals surface area contributed by atoms with E-state index in [2.05, 4.69) is 25.3 Å². The highest BCUT2D eigenvalue weighted by molar-refractivity contribution is 5.99. The number of hydrogen-bond acceptors (Lipinski definition) is 4. The van der Waals surface area contributed by atoms with Crippen molar-refractivity contribution in [3.63, 3.8) is 0 Å². The summed E-state index contributed by atoms with van der Waals surface area (Å²) < 4.78 is 1.77. The average Bonchev–Trinajstić information content (AvgIpc) is 2.97. The lowest BCUT2D eigenvalue weighted by Crippen LogP contribution is -2.43. The summed E-state index contributed by atoms with van der Waals surface area (Å²) >= 11 is 0. The van der Waals surface area contributed by atoms with E-state index in [1.807, 2.05) is 13.8 Å². The highest BCUT2D eigenvalue weighted by Crippen LogP contribution is 2.41. The molecular formula is C11H14N6O. The lowest BCUT2D eigenvalue weighted by atomic mass is 9.97. The van der Waals surface area contributed by atoms with Crippen molar-refractivity contribution in [1.29, 1.82) is 0 Å². The van der Waals surface area contributed by atoms with E-state index < -0.39 is 5.54 Å². The van der Waals surface area contributed by atoms with Gasteiger partial charge in [-0.2, -0.15) is 0 Å². The zero-order valence-corrected chi connectivity index (χ0v) is 10.3. The van der Waals surface area contributed by atoms with Gasteiger partial charge in [0, 0.05) is 12.6 Å². The quantitative estimate of drug-likeness (QED) is 0.723. The maximum absolute atomic E-state index is 12.2. The smallest absolute Gasteiger partial charge is 0.282 e. The van der Waals surface area contributed by atoms with Gasteiger partial charge in [-0.3, -0.25) is 19.5 Å². The van der Waals surface area contributed by atoms with Crippen LogP contribution in [0.4, 0.5) is 5.95 Å². The van der Waals surface area contributed by atoms with Gasteiger partial charge in [0.25, 0.3) is 12.1 Å². The number of likely N-dealkylation sites (tertiary alicyclic amines) is 1. The van der Waals surface area contributed by atoms with Gasteiger partial charge in [0.05, 0.1) is 6.42 Å². The van der Waals surface area contributed by atoms with E-state index in [-0.39, 0.29) is 18.1 Å². The Kier molecular flexibility index (Phi) is 2.19. The van der Waals surface area contributed by atoms with Crippen LogP contribution in [0.5, 0.6) is 0 Å². The topological polar surface area (TPSA) is 67.4 Å². The van der Waals surface area contributed by atoms with Gasteiger partial charge < -0.3 is 0 Å². The number of carbonyl (C=O) groups excluding carboxylic acids is 1. The second-order valence-corrected chi connectivity index (χ2v) is 5.09. The molecule has 1 aromatic rings. The number of aromatic nitrogens is 3. The zero-order valence-electron chi connectivity index (χ0n) is 10.3. The van der Waals surface area contributed by atoms with Crippen LogP contribution >= 0.6 is 0 Å². The van der Waals surface area contributed by atoms with Crippen molar-refractivity contribution < 1.29 is 4.79 Å². The van der Waals surface area contributed by atoms with Crippen LogP contribution in [0.25, 0.3) is 4.85 Å². The fourth-order valence-corrected chi connectivity index (χ4v) is 2.84. The number of nitrogens with one attached hydrogen (secondary N) is 1. The van der Waals surface area contributed by atoms with Crippen LogP contribution in [-0.2, 0) is 10.3 Å². The predicted octanol–water partition coefficient (Wildman–Crippen LogP) is 0.285. The van der Waals surface area contributed by atoms with Crippen LogP contribution in [0.15, 0.2) is 6.33 Å². The van der Waals surface area contributed by atoms with E-state index in [0.717, 1.165) is 0 Å². The van der Waals surface area contributed by atoms with Crippen LogP contribution < -0.4 is 5.32 Å². The third kappa shape index (κ3) is 1.24. The molecule has 2 aliphatic heterocycles. The van der Waals surface area contributed by atoms with Crippen LogP contribution in [-0.4, -0.2) is 44.3 Å². The van der Waals surface area contributed by atoms with Gasteiger partial charge in [0.2, 0.25) is 5.95 Å². The second-order valence-electron chi connectivity index (χ2n) is 5.09. The molecule has 3 heterocycles. The first-order valence-electron chi connectivity index (χ1n) is 5.93. The van der Waals surface area contributed by atoms with Crippen molar-refractivity contribution in [3.8, 4) is 0 Å². The highest BCUT2D eigenvalue weighted by atomic mass is 16.2. The van der Waals surface area contributed by atoms with Gasteiger partial charge >= 0.3 is 0 Å². The minimum atomic E-state index is -0.710. The Bertz CT molecular complexity index is 544. The maximum Gasteiger partial charge on any atom is 0.282 e. The molecule has 1 N–H and O–H groups in total. The summed E-state index contributed by atoms with van der Waals surface area (Å²) in [4.78, 5) is 17.9. The molecule has 3 rings (SSSR count). The van der Waals surface area contributed by atoms with Gasteiger partial charge in [-0.05, 0) is 13.8 Å². The molecule has 18 heavy (non-hydrogen) atoms. The molecule has 0 saturated carbocycles. The van der Waals surface area contributed by atoms with Gasteiger partial charge in [0.15, 0.2) is 0 Å². The minimum absolute atomic E-state index is 0.0794. The van der Waals surface area contributed by atoms with Crippen LogP contribution in [0, 0.1) is 6.57 Å². The molecule has 1 aromatic heterocycles. The Labute approximate surface area is 105 Å². The largest absolute Gasteiger partial charge is 0.296 e. The second kappa shape index (κ2) is 3.53. The number of nitrogens with zero attached hydrogens (tertiary/aromatic N) is 5. The SMILES string of the molecule is [C-]#[N+]C1CC2(CN1C(C)C)C(=O)Nc1nncn12. The van der Waals surface area contributed by atoms with E-state index >= 15 is 0 Å². The van der Waals surface area contributed by atoms with Gasteiger partial charge in [-0.15, -0.1) is 10.2 Å². The number of carbonyl (C=O) groups is 1. The molecule has 0 aromatic carbocycles. The number of anilines is 1. The lowest BCUT2D eigenvalue weighted by molar-refractivity contribution is -0.122. The third-order valence-corrected chi connectivity index (χ3v) is 3.82. The van der Waals surface area contributed by atoms with Crippen LogP contribution in [0.2, 0.25) is 0 Å². The van der Waals surface area contributed by atoms with Crippen molar-refractivity contribution >= 4 is 11.9 Å². The first kappa shape index (κ1) is 11.2. The van der Waals surface area contributed by atoms with E-state index in [9.17, 15) is 4.79 Å². The molecule has 1 amide bonds. The molecule has 94 valence electrons. The summed E-state index contributed by atoms with van der Waals surface area (Å²) in [5.74, 6) is 0.401. The van der Waals surface area contributed by atoms with Gasteiger partial charge in [0.1, 0.15) is 11.9 Å². The van der Waals surface area contributed by atoms with Crippen molar-refractivity contribution in [1.82, 2.24) is 19.7 Å². The zero-order chi connectivity index (χ0) is 12.9. The predicted molar refractivity (Wildman–Crippen MR) is 63.5 cm³/mol. The number of amides is 1. The van der Waals surface area contributed by atoms with Crippen molar-refractivity contribution in [2.75, 3.05) is 11.9 Å². The van der Waals surface area contributed by atoms with Crippen LogP contribution in [0.3, 0.4) is 0 Å². The fraction of sp³-hybridized carbons (Fsp3) is 0.636. The Morgan fingerprint density at radius 2 is 2.44 bits per heavy atom. The summed E-state index contributed by atoms with van der Waals surface area (Å²) in [5.41, 5.74) is -0.710. The summed E-state index contributed by atoms with van der Waals surface area (Å²) in [6.07, 6.45) is 1.80. The Morgan fingerprint density at radius 3 is 3.06 bits per heavy atom. The highest BCUT2D eigenvalue weighted by Gasteiger charge is 2.58. The number of hydrogen-bond donors (Lipinski definition) is 1. The van der Waals surface area contributed by atoms with E-state index in [0.29, 0.717) is 18.9 Å². The minimum Gasteiger partial charge on any atom is -0.296 e. The van der Waals surface area contributed by atoms with Crippen molar-refractivity contribution in [2.24, 2.45) is 0 Å². The van der Waals surface area contributed by atoms with Gasteiger partial charge in [-0.25, -0.2) is 11.5 Å². The van der Waals surface area contributed by atoms with Crippen molar-refractivity contribution in [3.05, 3.63) is 17.7 Å². The molecular weight excluding hydrogens is 232 g/mol. The first-order chi connectivity index (χ1) is 8.58. The molecule has 0 aliphatic carbocycles. The first-order valence-corrected chi connectivity index (χ1v) is 5.93. The Hall–Kier alpha value is -1.94. The molecule has 2 atom stereocenters. The summed E-state index contributed by atoms with van der Waals surface area (Å²) in [6, 6.07) is 0.233. The molecule has 1 spiro atoms.